The van der Waals surface area contributed by atoms with E-state index in [1.165, 1.54) is 57.9 Å². The summed E-state index contributed by atoms with van der Waals surface area (Å²) in [4.78, 5) is 2.62. The van der Waals surface area contributed by atoms with E-state index in [0.29, 0.717) is 18.1 Å². The van der Waals surface area contributed by atoms with E-state index in [-0.39, 0.29) is 5.60 Å². The Hall–Kier alpha value is -0.120. The van der Waals surface area contributed by atoms with Gasteiger partial charge in [-0.2, -0.15) is 0 Å². The van der Waals surface area contributed by atoms with E-state index >= 15 is 0 Å². The highest BCUT2D eigenvalue weighted by atomic mass is 16.5. The Morgan fingerprint density at radius 3 is 2.68 bits per heavy atom. The minimum absolute atomic E-state index is 0.277. The third-order valence-corrected chi connectivity index (χ3v) is 5.67. The zero-order chi connectivity index (χ0) is 13.3. The van der Waals surface area contributed by atoms with Crippen LogP contribution in [-0.4, -0.2) is 42.3 Å². The number of likely N-dealkylation sites (tertiary alicyclic amines) is 1. The highest BCUT2D eigenvalue weighted by Gasteiger charge is 2.42. The molecule has 2 heterocycles. The summed E-state index contributed by atoms with van der Waals surface area (Å²) in [6, 6.07) is 0.694. The fourth-order valence-corrected chi connectivity index (χ4v) is 4.49. The maximum atomic E-state index is 6.50. The monoisotopic (exact) mass is 266 g/mol. The molecule has 0 radical (unpaired) electrons. The van der Waals surface area contributed by atoms with E-state index in [1.807, 2.05) is 0 Å². The smallest absolute Gasteiger partial charge is 0.0710 e. The molecular weight excluding hydrogens is 236 g/mol. The molecule has 3 heteroatoms. The molecule has 2 N–H and O–H groups in total. The number of hydrogen-bond donors (Lipinski definition) is 1. The molecule has 2 aliphatic heterocycles. The minimum atomic E-state index is 0.277. The first-order valence-electron chi connectivity index (χ1n) is 8.33. The van der Waals surface area contributed by atoms with E-state index in [1.54, 1.807) is 0 Å². The third kappa shape index (κ3) is 2.98. The standard InChI is InChI=1S/C16H30N2O/c1-13-9-14(10-17)11-18(13)12-15-5-8-16(19-15)6-3-2-4-7-16/h13-15H,2-12,17H2,1H3. The van der Waals surface area contributed by atoms with Crippen LogP contribution in [0.15, 0.2) is 0 Å². The molecule has 3 rings (SSSR count). The number of nitrogens with zero attached hydrogens (tertiary/aromatic N) is 1. The van der Waals surface area contributed by atoms with Crippen molar-refractivity contribution in [2.75, 3.05) is 19.6 Å². The van der Waals surface area contributed by atoms with E-state index < -0.39 is 0 Å². The lowest BCUT2D eigenvalue weighted by atomic mass is 9.83. The molecule has 3 fully saturated rings. The van der Waals surface area contributed by atoms with Gasteiger partial charge in [0.05, 0.1) is 11.7 Å². The van der Waals surface area contributed by atoms with Crippen LogP contribution in [0.2, 0.25) is 0 Å². The van der Waals surface area contributed by atoms with Crippen LogP contribution >= 0.6 is 0 Å². The Morgan fingerprint density at radius 2 is 2.00 bits per heavy atom. The van der Waals surface area contributed by atoms with Crippen molar-refractivity contribution in [3.63, 3.8) is 0 Å². The molecule has 1 saturated carbocycles. The van der Waals surface area contributed by atoms with Gasteiger partial charge in [-0.25, -0.2) is 0 Å². The largest absolute Gasteiger partial charge is 0.370 e. The van der Waals surface area contributed by atoms with Crippen LogP contribution in [0.25, 0.3) is 0 Å². The van der Waals surface area contributed by atoms with E-state index in [2.05, 4.69) is 11.8 Å². The van der Waals surface area contributed by atoms with Crippen molar-refractivity contribution < 1.29 is 4.74 Å². The lowest BCUT2D eigenvalue weighted by molar-refractivity contribution is -0.0724. The quantitative estimate of drug-likeness (QED) is 0.853. The first kappa shape index (κ1) is 13.8. The van der Waals surface area contributed by atoms with Gasteiger partial charge in [-0.15, -0.1) is 0 Å². The number of ether oxygens (including phenoxy) is 1. The predicted molar refractivity (Wildman–Crippen MR) is 78.1 cm³/mol. The number of hydrogen-bond acceptors (Lipinski definition) is 3. The summed E-state index contributed by atoms with van der Waals surface area (Å²) in [6.07, 6.45) is 11.1. The molecule has 3 atom stereocenters. The topological polar surface area (TPSA) is 38.5 Å². The molecular formula is C16H30N2O. The van der Waals surface area contributed by atoms with Gasteiger partial charge in [-0.05, 0) is 51.5 Å². The summed E-state index contributed by atoms with van der Waals surface area (Å²) in [7, 11) is 0. The second-order valence-electron chi connectivity index (χ2n) is 7.16. The van der Waals surface area contributed by atoms with Crippen molar-refractivity contribution in [3.8, 4) is 0 Å². The maximum absolute atomic E-state index is 6.50. The molecule has 3 aliphatic rings. The first-order valence-corrected chi connectivity index (χ1v) is 8.33. The van der Waals surface area contributed by atoms with E-state index in [0.717, 1.165) is 13.1 Å². The highest BCUT2D eigenvalue weighted by molar-refractivity contribution is 4.93. The average molecular weight is 266 g/mol. The first-order chi connectivity index (χ1) is 9.21. The Labute approximate surface area is 117 Å². The molecule has 0 bridgehead atoms. The zero-order valence-electron chi connectivity index (χ0n) is 12.4. The second-order valence-corrected chi connectivity index (χ2v) is 7.16. The van der Waals surface area contributed by atoms with E-state index in [9.17, 15) is 0 Å². The second kappa shape index (κ2) is 5.71. The maximum Gasteiger partial charge on any atom is 0.0710 e. The summed E-state index contributed by atoms with van der Waals surface area (Å²) in [6.45, 7) is 5.52. The molecule has 0 aromatic heterocycles. The zero-order valence-corrected chi connectivity index (χ0v) is 12.4. The molecule has 2 saturated heterocycles. The van der Waals surface area contributed by atoms with Crippen LogP contribution in [-0.2, 0) is 4.74 Å². The fourth-order valence-electron chi connectivity index (χ4n) is 4.49. The van der Waals surface area contributed by atoms with Crippen molar-refractivity contribution in [1.82, 2.24) is 4.90 Å². The van der Waals surface area contributed by atoms with Crippen LogP contribution in [0.3, 0.4) is 0 Å². The molecule has 3 nitrogen and oxygen atoms in total. The highest BCUT2D eigenvalue weighted by Crippen LogP contribution is 2.42. The van der Waals surface area contributed by atoms with Gasteiger partial charge in [-0.1, -0.05) is 19.3 Å². The third-order valence-electron chi connectivity index (χ3n) is 5.67. The van der Waals surface area contributed by atoms with Crippen molar-refractivity contribution in [1.29, 1.82) is 0 Å². The number of rotatable bonds is 3. The minimum Gasteiger partial charge on any atom is -0.370 e. The van der Waals surface area contributed by atoms with Crippen LogP contribution in [0.4, 0.5) is 0 Å². The van der Waals surface area contributed by atoms with Gasteiger partial charge in [0.1, 0.15) is 0 Å². The van der Waals surface area contributed by atoms with Gasteiger partial charge in [-0.3, -0.25) is 4.90 Å². The normalized spacial score (nSPS) is 39.2. The van der Waals surface area contributed by atoms with Crippen molar-refractivity contribution in [2.24, 2.45) is 11.7 Å². The summed E-state index contributed by atoms with van der Waals surface area (Å²) >= 11 is 0. The summed E-state index contributed by atoms with van der Waals surface area (Å²) in [5, 5.41) is 0. The molecule has 0 amide bonds. The van der Waals surface area contributed by atoms with Crippen LogP contribution in [0, 0.1) is 5.92 Å². The molecule has 1 aliphatic carbocycles. The molecule has 3 unspecified atom stereocenters. The Bertz CT molecular complexity index is 301. The Kier molecular flexibility index (Phi) is 4.16. The lowest BCUT2D eigenvalue weighted by Gasteiger charge is -2.34. The molecule has 1 spiro atoms. The van der Waals surface area contributed by atoms with Gasteiger partial charge < -0.3 is 10.5 Å². The fraction of sp³-hybridized carbons (Fsp3) is 1.00. The van der Waals surface area contributed by atoms with Crippen LogP contribution in [0.5, 0.6) is 0 Å². The van der Waals surface area contributed by atoms with Gasteiger partial charge in [0.15, 0.2) is 0 Å². The molecule has 0 aromatic rings. The Balaban J connectivity index is 1.51. The van der Waals surface area contributed by atoms with E-state index in [4.69, 9.17) is 10.5 Å². The van der Waals surface area contributed by atoms with Gasteiger partial charge in [0, 0.05) is 19.1 Å². The van der Waals surface area contributed by atoms with Crippen molar-refractivity contribution in [2.45, 2.75) is 76.0 Å². The van der Waals surface area contributed by atoms with Crippen molar-refractivity contribution in [3.05, 3.63) is 0 Å². The van der Waals surface area contributed by atoms with Crippen molar-refractivity contribution >= 4 is 0 Å². The van der Waals surface area contributed by atoms with Crippen LogP contribution < -0.4 is 5.73 Å². The summed E-state index contributed by atoms with van der Waals surface area (Å²) in [5.41, 5.74) is 6.10. The summed E-state index contributed by atoms with van der Waals surface area (Å²) in [5.74, 6) is 0.708. The van der Waals surface area contributed by atoms with Gasteiger partial charge in [0.2, 0.25) is 0 Å². The van der Waals surface area contributed by atoms with Gasteiger partial charge >= 0.3 is 0 Å². The van der Waals surface area contributed by atoms with Crippen LogP contribution in [0.1, 0.15) is 58.3 Å². The predicted octanol–water partition coefficient (Wildman–Crippen LogP) is 2.54. The average Bonchev–Trinajstić information content (AvgIpc) is 2.96. The Morgan fingerprint density at radius 1 is 1.21 bits per heavy atom. The van der Waals surface area contributed by atoms with Gasteiger partial charge in [0.25, 0.3) is 0 Å². The SMILES string of the molecule is CC1CC(CN)CN1CC1CCC2(CCCCC2)O1. The molecule has 0 aromatic carbocycles. The molecule has 110 valence electrons. The lowest BCUT2D eigenvalue weighted by Crippen LogP contribution is -2.38. The number of nitrogens with two attached hydrogens (primary N) is 1. The summed E-state index contributed by atoms with van der Waals surface area (Å²) < 4.78 is 6.50. The molecule has 19 heavy (non-hydrogen) atoms.